The average molecular weight is 427 g/mol. The highest BCUT2D eigenvalue weighted by atomic mass is 16.1. The van der Waals surface area contributed by atoms with E-state index in [0.717, 1.165) is 18.8 Å². The van der Waals surface area contributed by atoms with Gasteiger partial charge in [-0.15, -0.1) is 0 Å². The van der Waals surface area contributed by atoms with Gasteiger partial charge in [0.15, 0.2) is 0 Å². The molecule has 1 unspecified atom stereocenters. The van der Waals surface area contributed by atoms with E-state index in [-0.39, 0.29) is 11.9 Å². The normalized spacial score (nSPS) is 15.5. The Morgan fingerprint density at radius 3 is 2.56 bits per heavy atom. The van der Waals surface area contributed by atoms with Gasteiger partial charge in [-0.25, -0.2) is 4.99 Å². The van der Waals surface area contributed by atoms with E-state index in [1.165, 1.54) is 54.0 Å². The number of carbonyl (C=O) groups excluding carboxylic acids is 1. The first kappa shape index (κ1) is 22.4. The van der Waals surface area contributed by atoms with Gasteiger partial charge in [-0.3, -0.25) is 4.79 Å². The van der Waals surface area contributed by atoms with Gasteiger partial charge in [-0.05, 0) is 47.1 Å². The monoisotopic (exact) mass is 426 g/mol. The van der Waals surface area contributed by atoms with Crippen LogP contribution in [0.1, 0.15) is 56.1 Å². The number of amides is 1. The molecule has 1 saturated carbocycles. The van der Waals surface area contributed by atoms with E-state index in [4.69, 9.17) is 0 Å². The quantitative estimate of drug-likeness (QED) is 0.297. The molecule has 3 heteroatoms. The molecule has 3 aromatic carbocycles. The number of nitrogens with zero attached hydrogens (tertiary/aromatic N) is 1. The minimum absolute atomic E-state index is 0.0743. The second-order valence-electron chi connectivity index (χ2n) is 8.99. The van der Waals surface area contributed by atoms with E-state index in [0.29, 0.717) is 13.0 Å². The van der Waals surface area contributed by atoms with Crippen molar-refractivity contribution in [3.63, 3.8) is 0 Å². The third kappa shape index (κ3) is 6.37. The molecule has 0 aliphatic heterocycles. The van der Waals surface area contributed by atoms with Crippen molar-refractivity contribution in [1.82, 2.24) is 5.32 Å². The van der Waals surface area contributed by atoms with Crippen molar-refractivity contribution < 1.29 is 4.79 Å². The molecule has 3 aromatic rings. The summed E-state index contributed by atoms with van der Waals surface area (Å²) in [6.45, 7) is 0.652. The van der Waals surface area contributed by atoms with Gasteiger partial charge < -0.3 is 5.32 Å². The summed E-state index contributed by atoms with van der Waals surface area (Å²) >= 11 is 0. The van der Waals surface area contributed by atoms with Gasteiger partial charge in [-0.2, -0.15) is 0 Å². The van der Waals surface area contributed by atoms with Crippen molar-refractivity contribution in [3.05, 3.63) is 83.9 Å². The van der Waals surface area contributed by atoms with Crippen molar-refractivity contribution in [2.75, 3.05) is 0 Å². The molecule has 1 amide bonds. The van der Waals surface area contributed by atoms with E-state index in [9.17, 15) is 4.79 Å². The summed E-state index contributed by atoms with van der Waals surface area (Å²) in [4.78, 5) is 17.4. The minimum Gasteiger partial charge on any atom is -0.301 e. The number of hydrogen-bond donors (Lipinski definition) is 1. The number of carbonyl (C=O) groups is 1. The predicted molar refractivity (Wildman–Crippen MR) is 134 cm³/mol. The Kier molecular flexibility index (Phi) is 8.22. The molecule has 0 spiro atoms. The van der Waals surface area contributed by atoms with Crippen LogP contribution >= 0.6 is 0 Å². The van der Waals surface area contributed by atoms with Crippen molar-refractivity contribution in [3.8, 4) is 0 Å². The summed E-state index contributed by atoms with van der Waals surface area (Å²) in [5.41, 5.74) is 2.35. The van der Waals surface area contributed by atoms with Crippen LogP contribution in [0.5, 0.6) is 0 Å². The van der Waals surface area contributed by atoms with E-state index in [1.807, 2.05) is 24.4 Å². The van der Waals surface area contributed by atoms with Gasteiger partial charge in [0.1, 0.15) is 0 Å². The molecule has 32 heavy (non-hydrogen) atoms. The van der Waals surface area contributed by atoms with Crippen LogP contribution in [0.15, 0.2) is 77.8 Å². The van der Waals surface area contributed by atoms with Crippen molar-refractivity contribution in [2.24, 2.45) is 10.9 Å². The molecule has 0 saturated heterocycles. The Balaban J connectivity index is 1.41. The maximum atomic E-state index is 13.1. The number of fused-ring (bicyclic) bond motifs is 1. The van der Waals surface area contributed by atoms with Crippen LogP contribution in [0.2, 0.25) is 0 Å². The molecule has 1 atom stereocenters. The minimum atomic E-state index is -0.341. The fourth-order valence-electron chi connectivity index (χ4n) is 4.82. The van der Waals surface area contributed by atoms with E-state index >= 15 is 0 Å². The van der Waals surface area contributed by atoms with Crippen LogP contribution in [0, 0.1) is 5.92 Å². The lowest BCUT2D eigenvalue weighted by Gasteiger charge is -2.17. The van der Waals surface area contributed by atoms with Crippen molar-refractivity contribution in [2.45, 2.75) is 64.0 Å². The zero-order valence-electron chi connectivity index (χ0n) is 18.9. The van der Waals surface area contributed by atoms with Crippen LogP contribution in [0.4, 0.5) is 0 Å². The number of nitrogens with one attached hydrogen (secondary N) is 1. The number of unbranched alkanes of at least 4 members (excludes halogenated alkanes) is 1. The van der Waals surface area contributed by atoms with E-state index in [1.54, 1.807) is 0 Å². The highest BCUT2D eigenvalue weighted by Gasteiger charge is 2.19. The molecule has 166 valence electrons. The molecule has 0 aromatic heterocycles. The van der Waals surface area contributed by atoms with Crippen molar-refractivity contribution >= 4 is 22.9 Å². The summed E-state index contributed by atoms with van der Waals surface area (Å²) in [5.74, 6) is 0.820. The van der Waals surface area contributed by atoms with Gasteiger partial charge in [0.2, 0.25) is 0 Å². The Morgan fingerprint density at radius 1 is 0.969 bits per heavy atom. The first-order chi connectivity index (χ1) is 15.8. The zero-order chi connectivity index (χ0) is 22.0. The van der Waals surface area contributed by atoms with Crippen molar-refractivity contribution in [1.29, 1.82) is 0 Å². The molecule has 4 rings (SSSR count). The van der Waals surface area contributed by atoms with Crippen LogP contribution in [-0.4, -0.2) is 18.2 Å². The van der Waals surface area contributed by atoms with Gasteiger partial charge >= 0.3 is 0 Å². The molecule has 3 nitrogen and oxygen atoms in total. The number of hydrogen-bond acceptors (Lipinski definition) is 2. The summed E-state index contributed by atoms with van der Waals surface area (Å²) in [5, 5.41) is 5.88. The lowest BCUT2D eigenvalue weighted by Crippen LogP contribution is -2.37. The summed E-state index contributed by atoms with van der Waals surface area (Å²) in [6, 6.07) is 24.6. The lowest BCUT2D eigenvalue weighted by molar-refractivity contribution is -0.119. The Morgan fingerprint density at radius 2 is 1.72 bits per heavy atom. The van der Waals surface area contributed by atoms with Crippen LogP contribution in [-0.2, 0) is 17.8 Å². The Hall–Kier alpha value is -2.78. The number of benzene rings is 3. The van der Waals surface area contributed by atoms with Gasteiger partial charge in [0.05, 0.1) is 6.04 Å². The maximum Gasteiger partial charge on any atom is 0.262 e. The Labute approximate surface area is 192 Å². The largest absolute Gasteiger partial charge is 0.301 e. The molecular formula is C29H34N2O. The molecule has 0 radical (unpaired) electrons. The smallest absolute Gasteiger partial charge is 0.262 e. The third-order valence-corrected chi connectivity index (χ3v) is 6.64. The zero-order valence-corrected chi connectivity index (χ0v) is 18.9. The molecule has 1 aliphatic carbocycles. The maximum absolute atomic E-state index is 13.1. The average Bonchev–Trinajstić information content (AvgIpc) is 3.36. The SMILES string of the molecule is O=C(N=CCCCC1CCCC1)C(Cc1cccc2ccccc12)NCc1ccccc1. The lowest BCUT2D eigenvalue weighted by atomic mass is 9.98. The van der Waals surface area contributed by atoms with E-state index in [2.05, 4.69) is 64.9 Å². The highest BCUT2D eigenvalue weighted by molar-refractivity contribution is 5.91. The Bertz CT molecular complexity index is 1020. The van der Waals surface area contributed by atoms with Crippen LogP contribution in [0.3, 0.4) is 0 Å². The van der Waals surface area contributed by atoms with Crippen LogP contribution < -0.4 is 5.32 Å². The molecule has 0 bridgehead atoms. The fourth-order valence-corrected chi connectivity index (χ4v) is 4.82. The summed E-state index contributed by atoms with van der Waals surface area (Å²) < 4.78 is 0. The summed E-state index contributed by atoms with van der Waals surface area (Å²) in [6.07, 6.45) is 11.3. The second-order valence-corrected chi connectivity index (χ2v) is 8.99. The van der Waals surface area contributed by atoms with Gasteiger partial charge in [0, 0.05) is 12.8 Å². The van der Waals surface area contributed by atoms with Gasteiger partial charge in [0.25, 0.3) is 5.91 Å². The molecule has 1 N–H and O–H groups in total. The fraction of sp³-hybridized carbons (Fsp3) is 0.379. The topological polar surface area (TPSA) is 41.5 Å². The van der Waals surface area contributed by atoms with Gasteiger partial charge in [-0.1, -0.05) is 105 Å². The highest BCUT2D eigenvalue weighted by Crippen LogP contribution is 2.28. The summed E-state index contributed by atoms with van der Waals surface area (Å²) in [7, 11) is 0. The third-order valence-electron chi connectivity index (χ3n) is 6.64. The van der Waals surface area contributed by atoms with Crippen LogP contribution in [0.25, 0.3) is 10.8 Å². The first-order valence-corrected chi connectivity index (χ1v) is 12.1. The molecular weight excluding hydrogens is 392 g/mol. The predicted octanol–water partition coefficient (Wildman–Crippen LogP) is 6.50. The first-order valence-electron chi connectivity index (χ1n) is 12.1. The molecule has 0 heterocycles. The molecule has 1 fully saturated rings. The van der Waals surface area contributed by atoms with E-state index < -0.39 is 0 Å². The number of rotatable bonds is 10. The molecule has 1 aliphatic rings. The number of aliphatic imine (C=N–C) groups is 1. The standard InChI is InChI=1S/C29H34N2O/c32-29(30-20-9-8-13-23-11-4-5-12-23)28(31-22-24-14-2-1-3-15-24)21-26-18-10-17-25-16-6-7-19-27(25)26/h1-3,6-7,10,14-20,23,28,31H,4-5,8-9,11-13,21-22H2. The second kappa shape index (κ2) is 11.7.